The van der Waals surface area contributed by atoms with E-state index in [9.17, 15) is 17.6 Å². The number of sulfonamides is 1. The maximum Gasteiger partial charge on any atom is 0.254 e. The second-order valence-electron chi connectivity index (χ2n) is 7.28. The van der Waals surface area contributed by atoms with Crippen LogP contribution >= 0.6 is 0 Å². The van der Waals surface area contributed by atoms with Gasteiger partial charge >= 0.3 is 0 Å². The molecule has 3 aromatic rings. The number of anilines is 1. The Hall–Kier alpha value is -3.19. The van der Waals surface area contributed by atoms with Crippen molar-refractivity contribution in [1.82, 2.24) is 4.90 Å². The smallest absolute Gasteiger partial charge is 0.254 e. The molecule has 154 valence electrons. The monoisotopic (exact) mass is 424 g/mol. The van der Waals surface area contributed by atoms with Crippen molar-refractivity contribution < 1.29 is 17.6 Å². The fraction of sp³-hybridized carbons (Fsp3) is 0.174. The normalized spacial score (nSPS) is 13.6. The van der Waals surface area contributed by atoms with E-state index >= 15 is 0 Å². The molecule has 0 saturated carbocycles. The Morgan fingerprint density at radius 1 is 0.967 bits per heavy atom. The number of fused-ring (bicyclic) bond motifs is 1. The van der Waals surface area contributed by atoms with Crippen LogP contribution in [0.25, 0.3) is 0 Å². The van der Waals surface area contributed by atoms with Gasteiger partial charge in [0.15, 0.2) is 0 Å². The minimum Gasteiger partial charge on any atom is -0.334 e. The van der Waals surface area contributed by atoms with Gasteiger partial charge in [0.05, 0.1) is 5.75 Å². The van der Waals surface area contributed by atoms with Gasteiger partial charge in [-0.3, -0.25) is 9.52 Å². The number of carbonyl (C=O) groups is 1. The number of halogens is 1. The van der Waals surface area contributed by atoms with E-state index in [4.69, 9.17) is 0 Å². The van der Waals surface area contributed by atoms with Crippen molar-refractivity contribution in [3.8, 4) is 0 Å². The van der Waals surface area contributed by atoms with Crippen LogP contribution in [0, 0.1) is 5.82 Å². The van der Waals surface area contributed by atoms with Gasteiger partial charge in [-0.1, -0.05) is 42.5 Å². The highest BCUT2D eigenvalue weighted by molar-refractivity contribution is 7.91. The molecular weight excluding hydrogens is 403 g/mol. The van der Waals surface area contributed by atoms with Crippen LogP contribution in [0.5, 0.6) is 0 Å². The first kappa shape index (κ1) is 20.1. The van der Waals surface area contributed by atoms with E-state index < -0.39 is 21.6 Å². The fourth-order valence-corrected chi connectivity index (χ4v) is 4.79. The number of hydrogen-bond acceptors (Lipinski definition) is 3. The molecular formula is C23H21FN2O3S. The summed E-state index contributed by atoms with van der Waals surface area (Å²) in [5, 5.41) is 0. The van der Waals surface area contributed by atoms with E-state index in [-0.39, 0.29) is 11.5 Å². The van der Waals surface area contributed by atoms with Gasteiger partial charge in [-0.2, -0.15) is 0 Å². The number of nitrogens with one attached hydrogen (secondary N) is 1. The Morgan fingerprint density at radius 3 is 2.47 bits per heavy atom. The molecule has 0 aromatic heterocycles. The third-order valence-corrected chi connectivity index (χ3v) is 6.34. The molecule has 0 spiro atoms. The third kappa shape index (κ3) is 4.52. The maximum atomic E-state index is 13.8. The fourth-order valence-electron chi connectivity index (χ4n) is 3.59. The Kier molecular flexibility index (Phi) is 5.55. The molecule has 0 unspecified atom stereocenters. The molecule has 1 amide bonds. The number of benzene rings is 3. The van der Waals surface area contributed by atoms with Crippen LogP contribution in [0.1, 0.15) is 27.0 Å². The molecule has 1 heterocycles. The van der Waals surface area contributed by atoms with E-state index in [0.717, 1.165) is 11.1 Å². The van der Waals surface area contributed by atoms with E-state index in [1.807, 2.05) is 24.3 Å². The topological polar surface area (TPSA) is 66.5 Å². The second kappa shape index (κ2) is 8.28. The maximum absolute atomic E-state index is 13.8. The highest BCUT2D eigenvalue weighted by Crippen LogP contribution is 2.25. The van der Waals surface area contributed by atoms with E-state index in [1.165, 1.54) is 18.2 Å². The minimum atomic E-state index is -3.78. The number of rotatable bonds is 5. The van der Waals surface area contributed by atoms with Gasteiger partial charge in [-0.05, 0) is 47.9 Å². The average molecular weight is 424 g/mol. The van der Waals surface area contributed by atoms with Crippen molar-refractivity contribution in [2.75, 3.05) is 11.3 Å². The summed E-state index contributed by atoms with van der Waals surface area (Å²) < 4.78 is 41.3. The summed E-state index contributed by atoms with van der Waals surface area (Å²) in [6, 6.07) is 20.2. The van der Waals surface area contributed by atoms with Crippen molar-refractivity contribution in [3.05, 3.63) is 101 Å². The van der Waals surface area contributed by atoms with E-state index in [1.54, 1.807) is 35.2 Å². The van der Waals surface area contributed by atoms with Crippen molar-refractivity contribution in [2.45, 2.75) is 18.7 Å². The minimum absolute atomic E-state index is 0.0493. The molecule has 5 nitrogen and oxygen atoms in total. The summed E-state index contributed by atoms with van der Waals surface area (Å²) in [4.78, 5) is 14.5. The second-order valence-corrected chi connectivity index (χ2v) is 9.00. The third-order valence-electron chi connectivity index (χ3n) is 5.10. The van der Waals surface area contributed by atoms with Crippen LogP contribution in [0.4, 0.5) is 10.1 Å². The molecule has 1 aliphatic heterocycles. The van der Waals surface area contributed by atoms with Crippen LogP contribution in [0.3, 0.4) is 0 Å². The summed E-state index contributed by atoms with van der Waals surface area (Å²) in [5.41, 5.74) is 3.13. The lowest BCUT2D eigenvalue weighted by atomic mass is 9.98. The van der Waals surface area contributed by atoms with Crippen molar-refractivity contribution in [1.29, 1.82) is 0 Å². The zero-order valence-electron chi connectivity index (χ0n) is 16.2. The first-order chi connectivity index (χ1) is 14.4. The zero-order valence-corrected chi connectivity index (χ0v) is 17.0. The van der Waals surface area contributed by atoms with Gasteiger partial charge < -0.3 is 4.90 Å². The molecule has 1 N–H and O–H groups in total. The Labute approximate surface area is 175 Å². The number of amides is 1. The summed E-state index contributed by atoms with van der Waals surface area (Å²) in [6.07, 6.45) is 0.705. The molecule has 0 saturated heterocycles. The van der Waals surface area contributed by atoms with Gasteiger partial charge in [0.2, 0.25) is 10.0 Å². The lowest BCUT2D eigenvalue weighted by molar-refractivity contribution is 0.0734. The Balaban J connectivity index is 1.50. The SMILES string of the molecule is O=C(c1ccccc1)N1CCc2ccc(NS(=O)(=O)Cc3ccccc3F)cc2C1. The number of hydrogen-bond donors (Lipinski definition) is 1. The molecule has 0 fully saturated rings. The van der Waals surface area contributed by atoms with E-state index in [2.05, 4.69) is 4.72 Å². The molecule has 3 aromatic carbocycles. The summed E-state index contributed by atoms with van der Waals surface area (Å²) in [7, 11) is -3.78. The van der Waals surface area contributed by atoms with E-state index in [0.29, 0.717) is 30.8 Å². The van der Waals surface area contributed by atoms with Crippen LogP contribution in [0.15, 0.2) is 72.8 Å². The molecule has 0 radical (unpaired) electrons. The van der Waals surface area contributed by atoms with Crippen molar-refractivity contribution in [2.24, 2.45) is 0 Å². The molecule has 7 heteroatoms. The predicted molar refractivity (Wildman–Crippen MR) is 114 cm³/mol. The first-order valence-electron chi connectivity index (χ1n) is 9.61. The summed E-state index contributed by atoms with van der Waals surface area (Å²) in [6.45, 7) is 1.02. The Morgan fingerprint density at radius 2 is 1.70 bits per heavy atom. The number of nitrogens with zero attached hydrogens (tertiary/aromatic N) is 1. The molecule has 0 bridgehead atoms. The van der Waals surface area contributed by atoms with Gasteiger partial charge in [0.1, 0.15) is 5.82 Å². The molecule has 0 atom stereocenters. The van der Waals surface area contributed by atoms with Crippen LogP contribution in [0.2, 0.25) is 0 Å². The quantitative estimate of drug-likeness (QED) is 0.674. The zero-order chi connectivity index (χ0) is 21.1. The lowest BCUT2D eigenvalue weighted by Gasteiger charge is -2.29. The molecule has 1 aliphatic rings. The van der Waals surface area contributed by atoms with Crippen LogP contribution in [-0.2, 0) is 28.7 Å². The molecule has 4 rings (SSSR count). The van der Waals surface area contributed by atoms with Gasteiger partial charge in [-0.25, -0.2) is 12.8 Å². The summed E-state index contributed by atoms with van der Waals surface area (Å²) >= 11 is 0. The standard InChI is InChI=1S/C23H21FN2O3S/c24-22-9-5-4-8-19(22)16-30(28,29)25-21-11-10-17-12-13-26(15-20(17)14-21)23(27)18-6-2-1-3-7-18/h1-11,14,25H,12-13,15-16H2. The van der Waals surface area contributed by atoms with Gasteiger partial charge in [0, 0.05) is 29.9 Å². The molecule has 0 aliphatic carbocycles. The van der Waals surface area contributed by atoms with Crippen LogP contribution < -0.4 is 4.72 Å². The first-order valence-corrected chi connectivity index (χ1v) is 11.3. The average Bonchev–Trinajstić information content (AvgIpc) is 2.74. The predicted octanol–water partition coefficient (Wildman–Crippen LogP) is 3.97. The van der Waals surface area contributed by atoms with Gasteiger partial charge in [-0.15, -0.1) is 0 Å². The van der Waals surface area contributed by atoms with Gasteiger partial charge in [0.25, 0.3) is 5.91 Å². The number of carbonyl (C=O) groups excluding carboxylic acids is 1. The molecule has 30 heavy (non-hydrogen) atoms. The highest BCUT2D eigenvalue weighted by atomic mass is 32.2. The van der Waals surface area contributed by atoms with Crippen molar-refractivity contribution >= 4 is 21.6 Å². The van der Waals surface area contributed by atoms with Crippen molar-refractivity contribution in [3.63, 3.8) is 0 Å². The van der Waals surface area contributed by atoms with Crippen LogP contribution in [-0.4, -0.2) is 25.8 Å². The summed E-state index contributed by atoms with van der Waals surface area (Å²) in [5.74, 6) is -1.05. The lowest BCUT2D eigenvalue weighted by Crippen LogP contribution is -2.36. The largest absolute Gasteiger partial charge is 0.334 e. The Bertz CT molecular complexity index is 1180. The highest BCUT2D eigenvalue weighted by Gasteiger charge is 2.22.